The molecule has 2 rings (SSSR count). The highest BCUT2D eigenvalue weighted by molar-refractivity contribution is 5.91. The molecule has 25 heavy (non-hydrogen) atoms. The molecule has 0 atom stereocenters. The number of benzene rings is 1. The molecule has 1 aromatic carbocycles. The van der Waals surface area contributed by atoms with Crippen LogP contribution >= 0.6 is 0 Å². The SMILES string of the molecule is NC(=O)C1CCN(C(=O)COC(=O)c2cccc(C(F)(F)F)c2)CC1. The highest BCUT2D eigenvalue weighted by atomic mass is 19.4. The lowest BCUT2D eigenvalue weighted by atomic mass is 9.96. The molecule has 0 saturated carbocycles. The van der Waals surface area contributed by atoms with Gasteiger partial charge in [0, 0.05) is 19.0 Å². The van der Waals surface area contributed by atoms with E-state index in [2.05, 4.69) is 0 Å². The van der Waals surface area contributed by atoms with E-state index in [0.717, 1.165) is 12.1 Å². The zero-order chi connectivity index (χ0) is 18.6. The molecule has 0 radical (unpaired) electrons. The fourth-order valence-electron chi connectivity index (χ4n) is 2.54. The molecule has 1 aromatic rings. The molecule has 136 valence electrons. The van der Waals surface area contributed by atoms with Gasteiger partial charge in [0.1, 0.15) is 0 Å². The summed E-state index contributed by atoms with van der Waals surface area (Å²) in [6, 6.07) is 3.78. The first-order valence-electron chi connectivity index (χ1n) is 7.60. The molecule has 1 fully saturated rings. The third kappa shape index (κ3) is 4.94. The summed E-state index contributed by atoms with van der Waals surface area (Å²) in [6.45, 7) is 0.0530. The van der Waals surface area contributed by atoms with Crippen molar-refractivity contribution in [3.63, 3.8) is 0 Å². The second kappa shape index (κ2) is 7.54. The Balaban J connectivity index is 1.88. The zero-order valence-corrected chi connectivity index (χ0v) is 13.2. The van der Waals surface area contributed by atoms with Gasteiger partial charge in [-0.25, -0.2) is 4.79 Å². The van der Waals surface area contributed by atoms with E-state index >= 15 is 0 Å². The van der Waals surface area contributed by atoms with Crippen LogP contribution in [0.5, 0.6) is 0 Å². The summed E-state index contributed by atoms with van der Waals surface area (Å²) in [7, 11) is 0. The van der Waals surface area contributed by atoms with Gasteiger partial charge >= 0.3 is 12.1 Å². The smallest absolute Gasteiger partial charge is 0.416 e. The number of rotatable bonds is 4. The molecular weight excluding hydrogens is 341 g/mol. The molecule has 1 aliphatic rings. The molecule has 9 heteroatoms. The maximum absolute atomic E-state index is 12.6. The largest absolute Gasteiger partial charge is 0.452 e. The number of likely N-dealkylation sites (tertiary alicyclic amines) is 1. The predicted molar refractivity (Wildman–Crippen MR) is 80.2 cm³/mol. The maximum Gasteiger partial charge on any atom is 0.416 e. The van der Waals surface area contributed by atoms with E-state index < -0.39 is 36.1 Å². The number of ether oxygens (including phenoxy) is 1. The number of hydrogen-bond donors (Lipinski definition) is 1. The van der Waals surface area contributed by atoms with Crippen LogP contribution in [-0.4, -0.2) is 42.4 Å². The fourth-order valence-corrected chi connectivity index (χ4v) is 2.54. The van der Waals surface area contributed by atoms with Crippen LogP contribution in [0.1, 0.15) is 28.8 Å². The van der Waals surface area contributed by atoms with Crippen molar-refractivity contribution >= 4 is 17.8 Å². The van der Waals surface area contributed by atoms with Gasteiger partial charge in [0.2, 0.25) is 5.91 Å². The van der Waals surface area contributed by atoms with Crippen molar-refractivity contribution in [1.82, 2.24) is 4.90 Å². The third-order valence-corrected chi connectivity index (χ3v) is 4.00. The second-order valence-electron chi connectivity index (χ2n) is 5.71. The van der Waals surface area contributed by atoms with Crippen LogP contribution in [0.2, 0.25) is 0 Å². The Labute approximate surface area is 141 Å². The molecule has 1 aliphatic heterocycles. The van der Waals surface area contributed by atoms with Gasteiger partial charge in [-0.1, -0.05) is 6.07 Å². The molecule has 2 amide bonds. The van der Waals surface area contributed by atoms with E-state index in [1.807, 2.05) is 0 Å². The lowest BCUT2D eigenvalue weighted by Crippen LogP contribution is -2.43. The Morgan fingerprint density at radius 3 is 2.40 bits per heavy atom. The summed E-state index contributed by atoms with van der Waals surface area (Å²) in [5.74, 6) is -2.17. The van der Waals surface area contributed by atoms with Crippen molar-refractivity contribution in [2.45, 2.75) is 19.0 Å². The number of hydrogen-bond acceptors (Lipinski definition) is 4. The van der Waals surface area contributed by atoms with E-state index in [1.165, 1.54) is 11.0 Å². The Kier molecular flexibility index (Phi) is 5.66. The number of alkyl halides is 3. The Morgan fingerprint density at radius 1 is 1.20 bits per heavy atom. The average Bonchev–Trinajstić information content (AvgIpc) is 2.58. The first-order valence-corrected chi connectivity index (χ1v) is 7.60. The Morgan fingerprint density at radius 2 is 1.84 bits per heavy atom. The average molecular weight is 358 g/mol. The number of piperidine rings is 1. The van der Waals surface area contributed by atoms with E-state index in [-0.39, 0.29) is 11.5 Å². The van der Waals surface area contributed by atoms with Gasteiger partial charge in [-0.3, -0.25) is 9.59 Å². The number of esters is 1. The normalized spacial score (nSPS) is 15.7. The minimum absolute atomic E-state index is 0.281. The molecule has 0 spiro atoms. The molecule has 0 aromatic heterocycles. The van der Waals surface area contributed by atoms with Crippen LogP contribution in [-0.2, 0) is 20.5 Å². The third-order valence-electron chi connectivity index (χ3n) is 4.00. The van der Waals surface area contributed by atoms with Crippen molar-refractivity contribution in [2.75, 3.05) is 19.7 Å². The van der Waals surface area contributed by atoms with Crippen molar-refractivity contribution in [3.05, 3.63) is 35.4 Å². The van der Waals surface area contributed by atoms with Gasteiger partial charge in [-0.05, 0) is 31.0 Å². The first kappa shape index (κ1) is 18.8. The van der Waals surface area contributed by atoms with Crippen molar-refractivity contribution in [2.24, 2.45) is 11.7 Å². The number of nitrogens with two attached hydrogens (primary N) is 1. The van der Waals surface area contributed by atoms with Gasteiger partial charge in [-0.15, -0.1) is 0 Å². The first-order chi connectivity index (χ1) is 11.7. The summed E-state index contributed by atoms with van der Waals surface area (Å²) in [6.07, 6.45) is -3.71. The van der Waals surface area contributed by atoms with Gasteiger partial charge in [0.15, 0.2) is 6.61 Å². The van der Waals surface area contributed by atoms with Gasteiger partial charge in [-0.2, -0.15) is 13.2 Å². The summed E-state index contributed by atoms with van der Waals surface area (Å²) >= 11 is 0. The maximum atomic E-state index is 12.6. The lowest BCUT2D eigenvalue weighted by molar-refractivity contribution is -0.138. The molecule has 0 unspecified atom stereocenters. The van der Waals surface area contributed by atoms with Crippen LogP contribution in [0.3, 0.4) is 0 Å². The standard InChI is InChI=1S/C16H17F3N2O4/c17-16(18,19)12-3-1-2-11(8-12)15(24)25-9-13(22)21-6-4-10(5-7-21)14(20)23/h1-3,8,10H,4-7,9H2,(H2,20,23). The Hall–Kier alpha value is -2.58. The molecular formula is C16H17F3N2O4. The highest BCUT2D eigenvalue weighted by Crippen LogP contribution is 2.29. The lowest BCUT2D eigenvalue weighted by Gasteiger charge is -2.30. The molecule has 1 saturated heterocycles. The van der Waals surface area contributed by atoms with Crippen LogP contribution in [0, 0.1) is 5.92 Å². The summed E-state index contributed by atoms with van der Waals surface area (Å²) in [4.78, 5) is 36.3. The monoisotopic (exact) mass is 358 g/mol. The molecule has 0 bridgehead atoms. The van der Waals surface area contributed by atoms with Gasteiger partial charge in [0.05, 0.1) is 11.1 Å². The van der Waals surface area contributed by atoms with Crippen molar-refractivity contribution < 1.29 is 32.3 Å². The topological polar surface area (TPSA) is 89.7 Å². The summed E-state index contributed by atoms with van der Waals surface area (Å²) in [5.41, 5.74) is 3.95. The molecule has 2 N–H and O–H groups in total. The minimum atomic E-state index is -4.57. The van der Waals surface area contributed by atoms with E-state index in [4.69, 9.17) is 10.5 Å². The summed E-state index contributed by atoms with van der Waals surface area (Å²) < 4.78 is 42.7. The van der Waals surface area contributed by atoms with E-state index in [9.17, 15) is 27.6 Å². The van der Waals surface area contributed by atoms with Gasteiger partial charge in [0.25, 0.3) is 5.91 Å². The minimum Gasteiger partial charge on any atom is -0.452 e. The number of carbonyl (C=O) groups excluding carboxylic acids is 3. The van der Waals surface area contributed by atoms with Gasteiger partial charge < -0.3 is 15.4 Å². The van der Waals surface area contributed by atoms with Crippen molar-refractivity contribution in [3.8, 4) is 0 Å². The number of amides is 2. The second-order valence-corrected chi connectivity index (χ2v) is 5.71. The number of primary amides is 1. The molecule has 1 heterocycles. The zero-order valence-electron chi connectivity index (χ0n) is 13.2. The predicted octanol–water partition coefficient (Wildman–Crippen LogP) is 1.59. The Bertz CT molecular complexity index is 668. The number of carbonyl (C=O) groups is 3. The van der Waals surface area contributed by atoms with Crippen molar-refractivity contribution in [1.29, 1.82) is 0 Å². The van der Waals surface area contributed by atoms with Crippen LogP contribution < -0.4 is 5.73 Å². The number of halogens is 3. The van der Waals surface area contributed by atoms with Crippen LogP contribution in [0.4, 0.5) is 13.2 Å². The highest BCUT2D eigenvalue weighted by Gasteiger charge is 2.31. The quantitative estimate of drug-likeness (QED) is 0.828. The molecule has 6 nitrogen and oxygen atoms in total. The fraction of sp³-hybridized carbons (Fsp3) is 0.438. The van der Waals surface area contributed by atoms with Crippen LogP contribution in [0.25, 0.3) is 0 Å². The number of nitrogens with zero attached hydrogens (tertiary/aromatic N) is 1. The van der Waals surface area contributed by atoms with E-state index in [1.54, 1.807) is 0 Å². The summed E-state index contributed by atoms with van der Waals surface area (Å²) in [5, 5.41) is 0. The van der Waals surface area contributed by atoms with Crippen LogP contribution in [0.15, 0.2) is 24.3 Å². The molecule has 0 aliphatic carbocycles. The van der Waals surface area contributed by atoms with E-state index in [0.29, 0.717) is 32.0 Å².